The highest BCUT2D eigenvalue weighted by Gasteiger charge is 2.30. The lowest BCUT2D eigenvalue weighted by atomic mass is 10.0. The first kappa shape index (κ1) is 16.0. The fourth-order valence-corrected chi connectivity index (χ4v) is 2.92. The van der Waals surface area contributed by atoms with Gasteiger partial charge in [-0.2, -0.15) is 0 Å². The van der Waals surface area contributed by atoms with Crippen LogP contribution in [0.2, 0.25) is 0 Å². The van der Waals surface area contributed by atoms with Crippen LogP contribution < -0.4 is 4.90 Å². The molecule has 0 spiro atoms. The maximum Gasteiger partial charge on any atom is 0.244 e. The summed E-state index contributed by atoms with van der Waals surface area (Å²) in [5.41, 5.74) is 1.48. The third-order valence-electron chi connectivity index (χ3n) is 4.03. The number of nitrogens with zero attached hydrogens (tertiary/aromatic N) is 2. The number of likely N-dealkylation sites (N-methyl/N-ethyl adjacent to an activating group) is 1. The van der Waals surface area contributed by atoms with Crippen molar-refractivity contribution in [2.45, 2.75) is 45.3 Å². The molecule has 1 aromatic rings. The van der Waals surface area contributed by atoms with Gasteiger partial charge < -0.3 is 10.0 Å². The van der Waals surface area contributed by atoms with Crippen molar-refractivity contribution in [3.05, 3.63) is 29.8 Å². The summed E-state index contributed by atoms with van der Waals surface area (Å²) >= 11 is 0. The molecule has 0 aromatic heterocycles. The van der Waals surface area contributed by atoms with E-state index in [0.717, 1.165) is 25.1 Å². The standard InChI is InChI=1S/C17H26N2O2/c1-13(18(4)12-17(2,3)21)16(20)19-11-7-9-14-8-5-6-10-15(14)19/h5-6,8,10,13,21H,7,9,11-12H2,1-4H3. The van der Waals surface area contributed by atoms with Gasteiger partial charge in [-0.1, -0.05) is 18.2 Å². The lowest BCUT2D eigenvalue weighted by molar-refractivity contribution is -0.123. The Hall–Kier alpha value is -1.39. The molecule has 0 saturated heterocycles. The summed E-state index contributed by atoms with van der Waals surface area (Å²) in [6.45, 7) is 6.67. The molecule has 1 unspecified atom stereocenters. The van der Waals surface area contributed by atoms with Crippen LogP contribution in [-0.2, 0) is 11.2 Å². The van der Waals surface area contributed by atoms with E-state index >= 15 is 0 Å². The second-order valence-corrected chi connectivity index (χ2v) is 6.63. The highest BCUT2D eigenvalue weighted by atomic mass is 16.3. The van der Waals surface area contributed by atoms with Crippen molar-refractivity contribution < 1.29 is 9.90 Å². The molecule has 1 N–H and O–H groups in total. The van der Waals surface area contributed by atoms with Crippen LogP contribution in [0.15, 0.2) is 24.3 Å². The minimum absolute atomic E-state index is 0.105. The fourth-order valence-electron chi connectivity index (χ4n) is 2.92. The fraction of sp³-hybridized carbons (Fsp3) is 0.588. The van der Waals surface area contributed by atoms with Gasteiger partial charge in [0.25, 0.3) is 0 Å². The molecule has 0 radical (unpaired) electrons. The van der Waals surface area contributed by atoms with Gasteiger partial charge in [0.2, 0.25) is 5.91 Å². The van der Waals surface area contributed by atoms with Crippen molar-refractivity contribution in [1.82, 2.24) is 4.90 Å². The summed E-state index contributed by atoms with van der Waals surface area (Å²) in [5.74, 6) is 0.105. The average Bonchev–Trinajstić information content (AvgIpc) is 2.43. The largest absolute Gasteiger partial charge is 0.389 e. The highest BCUT2D eigenvalue weighted by Crippen LogP contribution is 2.27. The number of aliphatic hydroxyl groups is 1. The number of fused-ring (bicyclic) bond motifs is 1. The van der Waals surface area contributed by atoms with E-state index in [1.165, 1.54) is 5.56 Å². The summed E-state index contributed by atoms with van der Waals surface area (Å²) < 4.78 is 0. The Labute approximate surface area is 127 Å². The number of amides is 1. The molecule has 0 fully saturated rings. The maximum absolute atomic E-state index is 12.8. The van der Waals surface area contributed by atoms with Crippen molar-refractivity contribution in [2.75, 3.05) is 25.0 Å². The number of para-hydroxylation sites is 1. The Morgan fingerprint density at radius 1 is 1.43 bits per heavy atom. The van der Waals surface area contributed by atoms with Gasteiger partial charge in [-0.15, -0.1) is 0 Å². The van der Waals surface area contributed by atoms with Gasteiger partial charge in [0.05, 0.1) is 11.6 Å². The molecule has 0 saturated carbocycles. The van der Waals surface area contributed by atoms with Crippen LogP contribution in [0, 0.1) is 0 Å². The third-order valence-corrected chi connectivity index (χ3v) is 4.03. The Kier molecular flexibility index (Phi) is 4.69. The van der Waals surface area contributed by atoms with Crippen molar-refractivity contribution in [3.63, 3.8) is 0 Å². The van der Waals surface area contributed by atoms with E-state index in [4.69, 9.17) is 0 Å². The predicted octanol–water partition coefficient (Wildman–Crippen LogP) is 2.06. The number of carbonyl (C=O) groups excluding carboxylic acids is 1. The number of hydrogen-bond donors (Lipinski definition) is 1. The molecule has 0 aliphatic carbocycles. The monoisotopic (exact) mass is 290 g/mol. The van der Waals surface area contributed by atoms with Gasteiger partial charge in [-0.3, -0.25) is 9.69 Å². The molecular formula is C17H26N2O2. The van der Waals surface area contributed by atoms with Gasteiger partial charge in [0, 0.05) is 18.8 Å². The van der Waals surface area contributed by atoms with Gasteiger partial charge in [-0.05, 0) is 52.3 Å². The molecule has 1 aliphatic rings. The minimum atomic E-state index is -0.802. The van der Waals surface area contributed by atoms with Crippen LogP contribution in [-0.4, -0.2) is 47.7 Å². The van der Waals surface area contributed by atoms with E-state index < -0.39 is 5.60 Å². The van der Waals surface area contributed by atoms with E-state index in [1.807, 2.05) is 42.0 Å². The van der Waals surface area contributed by atoms with E-state index in [9.17, 15) is 9.90 Å². The van der Waals surface area contributed by atoms with Crippen molar-refractivity contribution >= 4 is 11.6 Å². The zero-order chi connectivity index (χ0) is 15.6. The van der Waals surface area contributed by atoms with Gasteiger partial charge in [-0.25, -0.2) is 0 Å². The van der Waals surface area contributed by atoms with Crippen LogP contribution in [0.4, 0.5) is 5.69 Å². The SMILES string of the molecule is CC(C(=O)N1CCCc2ccccc21)N(C)CC(C)(C)O. The number of benzene rings is 1. The number of rotatable bonds is 4. The maximum atomic E-state index is 12.8. The summed E-state index contributed by atoms with van der Waals surface area (Å²) in [6, 6.07) is 7.88. The Bertz CT molecular complexity index is 508. The molecule has 1 amide bonds. The van der Waals surface area contributed by atoms with E-state index in [0.29, 0.717) is 6.54 Å². The van der Waals surface area contributed by atoms with Crippen LogP contribution in [0.25, 0.3) is 0 Å². The van der Waals surface area contributed by atoms with E-state index in [-0.39, 0.29) is 11.9 Å². The molecule has 1 aliphatic heterocycles. The van der Waals surface area contributed by atoms with Crippen LogP contribution in [0.5, 0.6) is 0 Å². The van der Waals surface area contributed by atoms with Crippen LogP contribution >= 0.6 is 0 Å². The van der Waals surface area contributed by atoms with Crippen molar-refractivity contribution in [3.8, 4) is 0 Å². The Balaban J connectivity index is 2.14. The highest BCUT2D eigenvalue weighted by molar-refractivity contribution is 5.97. The van der Waals surface area contributed by atoms with Gasteiger partial charge >= 0.3 is 0 Å². The molecule has 4 heteroatoms. The van der Waals surface area contributed by atoms with Crippen LogP contribution in [0.1, 0.15) is 32.8 Å². The Morgan fingerprint density at radius 2 is 2.10 bits per heavy atom. The van der Waals surface area contributed by atoms with Gasteiger partial charge in [0.1, 0.15) is 0 Å². The molecule has 116 valence electrons. The number of aryl methyl sites for hydroxylation is 1. The summed E-state index contributed by atoms with van der Waals surface area (Å²) in [7, 11) is 1.89. The van der Waals surface area contributed by atoms with Crippen LogP contribution in [0.3, 0.4) is 0 Å². The molecule has 4 nitrogen and oxygen atoms in total. The molecule has 1 aromatic carbocycles. The number of anilines is 1. The molecule has 0 bridgehead atoms. The summed E-state index contributed by atoms with van der Waals surface area (Å²) in [5, 5.41) is 9.92. The summed E-state index contributed by atoms with van der Waals surface area (Å²) in [4.78, 5) is 16.6. The lowest BCUT2D eigenvalue weighted by Gasteiger charge is -2.35. The first-order valence-electron chi connectivity index (χ1n) is 7.61. The number of hydrogen-bond acceptors (Lipinski definition) is 3. The van der Waals surface area contributed by atoms with Gasteiger partial charge in [0.15, 0.2) is 0 Å². The zero-order valence-corrected chi connectivity index (χ0v) is 13.5. The smallest absolute Gasteiger partial charge is 0.244 e. The molecular weight excluding hydrogens is 264 g/mol. The quantitative estimate of drug-likeness (QED) is 0.923. The topological polar surface area (TPSA) is 43.8 Å². The first-order chi connectivity index (χ1) is 9.79. The number of carbonyl (C=O) groups is 1. The Morgan fingerprint density at radius 3 is 2.76 bits per heavy atom. The van der Waals surface area contributed by atoms with E-state index in [2.05, 4.69) is 6.07 Å². The van der Waals surface area contributed by atoms with Crippen molar-refractivity contribution in [2.24, 2.45) is 0 Å². The second-order valence-electron chi connectivity index (χ2n) is 6.63. The summed E-state index contributed by atoms with van der Waals surface area (Å²) in [6.07, 6.45) is 2.04. The molecule has 1 heterocycles. The second kappa shape index (κ2) is 6.16. The average molecular weight is 290 g/mol. The first-order valence-corrected chi connectivity index (χ1v) is 7.61. The lowest BCUT2D eigenvalue weighted by Crippen LogP contribution is -2.50. The molecule has 2 rings (SSSR count). The zero-order valence-electron chi connectivity index (χ0n) is 13.5. The molecule has 21 heavy (non-hydrogen) atoms. The minimum Gasteiger partial charge on any atom is -0.389 e. The van der Waals surface area contributed by atoms with E-state index in [1.54, 1.807) is 13.8 Å². The normalized spacial score (nSPS) is 16.8. The molecule has 1 atom stereocenters. The third kappa shape index (κ3) is 3.83. The van der Waals surface area contributed by atoms with Crippen molar-refractivity contribution in [1.29, 1.82) is 0 Å². The predicted molar refractivity (Wildman–Crippen MR) is 85.5 cm³/mol.